The van der Waals surface area contributed by atoms with Gasteiger partial charge in [0.15, 0.2) is 0 Å². The van der Waals surface area contributed by atoms with Gasteiger partial charge < -0.3 is 9.47 Å². The molecule has 146 valence electrons. The Morgan fingerprint density at radius 2 is 1.50 bits per heavy atom. The maximum Gasteiger partial charge on any atom is 0.0578 e. The third-order valence-corrected chi connectivity index (χ3v) is 6.51. The molecule has 2 aliphatic rings. The molecule has 2 atom stereocenters. The third-order valence-electron chi connectivity index (χ3n) is 6.51. The zero-order chi connectivity index (χ0) is 18.2. The van der Waals surface area contributed by atoms with Gasteiger partial charge in [-0.15, -0.1) is 0 Å². The van der Waals surface area contributed by atoms with Crippen LogP contribution in [0.2, 0.25) is 0 Å². The van der Waals surface area contributed by atoms with Crippen LogP contribution in [-0.4, -0.2) is 25.4 Å². The lowest BCUT2D eigenvalue weighted by Gasteiger charge is -2.37. The van der Waals surface area contributed by atoms with E-state index in [4.69, 9.17) is 9.47 Å². The van der Waals surface area contributed by atoms with Gasteiger partial charge in [-0.3, -0.25) is 0 Å². The van der Waals surface area contributed by atoms with Gasteiger partial charge >= 0.3 is 0 Å². The lowest BCUT2D eigenvalue weighted by molar-refractivity contribution is -0.0505. The summed E-state index contributed by atoms with van der Waals surface area (Å²) in [5, 5.41) is 0. The van der Waals surface area contributed by atoms with Crippen LogP contribution < -0.4 is 0 Å². The van der Waals surface area contributed by atoms with Gasteiger partial charge in [-0.25, -0.2) is 0 Å². The highest BCUT2D eigenvalue weighted by Gasteiger charge is 2.31. The molecule has 2 unspecified atom stereocenters. The summed E-state index contributed by atoms with van der Waals surface area (Å²) in [6.45, 7) is 6.21. The van der Waals surface area contributed by atoms with Crippen LogP contribution in [0.5, 0.6) is 0 Å². The number of benzene rings is 1. The molecule has 1 aliphatic carbocycles. The van der Waals surface area contributed by atoms with Gasteiger partial charge in [0.1, 0.15) is 0 Å². The monoisotopic (exact) mass is 358 g/mol. The first-order chi connectivity index (χ1) is 12.8. The van der Waals surface area contributed by atoms with E-state index in [1.807, 2.05) is 0 Å². The van der Waals surface area contributed by atoms with Crippen molar-refractivity contribution in [1.82, 2.24) is 0 Å². The molecule has 0 amide bonds. The van der Waals surface area contributed by atoms with E-state index in [2.05, 4.69) is 38.1 Å². The minimum atomic E-state index is 0.473. The normalized spacial score (nSPS) is 29.6. The maximum absolute atomic E-state index is 6.27. The Morgan fingerprint density at radius 3 is 2.08 bits per heavy atom. The Labute approximate surface area is 160 Å². The highest BCUT2D eigenvalue weighted by molar-refractivity contribution is 5.22. The van der Waals surface area contributed by atoms with E-state index in [-0.39, 0.29) is 0 Å². The van der Waals surface area contributed by atoms with E-state index in [1.165, 1.54) is 68.9 Å². The zero-order valence-electron chi connectivity index (χ0n) is 16.9. The van der Waals surface area contributed by atoms with Crippen molar-refractivity contribution in [2.75, 3.05) is 13.2 Å². The Hall–Kier alpha value is -0.860. The van der Waals surface area contributed by atoms with Gasteiger partial charge in [0.25, 0.3) is 0 Å². The van der Waals surface area contributed by atoms with E-state index in [0.717, 1.165) is 31.5 Å². The molecule has 0 N–H and O–H groups in total. The van der Waals surface area contributed by atoms with Crippen LogP contribution >= 0.6 is 0 Å². The van der Waals surface area contributed by atoms with E-state index in [0.29, 0.717) is 12.2 Å². The molecule has 0 radical (unpaired) electrons. The Kier molecular flexibility index (Phi) is 8.01. The molecule has 1 saturated heterocycles. The number of rotatable bonds is 8. The fourth-order valence-electron chi connectivity index (χ4n) is 4.88. The summed E-state index contributed by atoms with van der Waals surface area (Å²) in [4.78, 5) is 0. The van der Waals surface area contributed by atoms with Crippen LogP contribution in [0.15, 0.2) is 24.3 Å². The van der Waals surface area contributed by atoms with Crippen molar-refractivity contribution in [3.05, 3.63) is 35.4 Å². The first-order valence-corrected chi connectivity index (χ1v) is 11.1. The number of hydrogen-bond acceptors (Lipinski definition) is 2. The van der Waals surface area contributed by atoms with E-state index in [1.54, 1.807) is 0 Å². The molecule has 0 aromatic heterocycles. The van der Waals surface area contributed by atoms with Crippen molar-refractivity contribution in [2.24, 2.45) is 11.8 Å². The largest absolute Gasteiger partial charge is 0.379 e. The van der Waals surface area contributed by atoms with Crippen molar-refractivity contribution in [3.63, 3.8) is 0 Å². The average molecular weight is 359 g/mol. The van der Waals surface area contributed by atoms with Gasteiger partial charge in [0.05, 0.1) is 18.8 Å². The van der Waals surface area contributed by atoms with Gasteiger partial charge in [-0.05, 0) is 87.7 Å². The SMILES string of the molecule is CCCc1ccc(CCC2CCC(C3CCC(OCC)CC3)CO2)cc1. The van der Waals surface area contributed by atoms with Crippen LogP contribution in [0.25, 0.3) is 0 Å². The smallest absolute Gasteiger partial charge is 0.0578 e. The highest BCUT2D eigenvalue weighted by Crippen LogP contribution is 2.36. The summed E-state index contributed by atoms with van der Waals surface area (Å²) < 4.78 is 12.1. The van der Waals surface area contributed by atoms with Crippen molar-refractivity contribution in [3.8, 4) is 0 Å². The molecule has 2 nitrogen and oxygen atoms in total. The summed E-state index contributed by atoms with van der Waals surface area (Å²) in [5.74, 6) is 1.67. The van der Waals surface area contributed by atoms with Gasteiger partial charge in [-0.1, -0.05) is 37.6 Å². The molecular formula is C24H38O2. The van der Waals surface area contributed by atoms with Crippen LogP contribution in [0.1, 0.15) is 76.3 Å². The van der Waals surface area contributed by atoms with Crippen molar-refractivity contribution >= 4 is 0 Å². The number of aryl methyl sites for hydroxylation is 2. The Morgan fingerprint density at radius 1 is 0.846 bits per heavy atom. The topological polar surface area (TPSA) is 18.5 Å². The first-order valence-electron chi connectivity index (χ1n) is 11.1. The second kappa shape index (κ2) is 10.5. The highest BCUT2D eigenvalue weighted by atomic mass is 16.5. The molecule has 3 rings (SSSR count). The van der Waals surface area contributed by atoms with Crippen molar-refractivity contribution < 1.29 is 9.47 Å². The third kappa shape index (κ3) is 5.82. The molecule has 26 heavy (non-hydrogen) atoms. The second-order valence-electron chi connectivity index (χ2n) is 8.39. The average Bonchev–Trinajstić information content (AvgIpc) is 2.69. The van der Waals surface area contributed by atoms with E-state index in [9.17, 15) is 0 Å². The van der Waals surface area contributed by atoms with Crippen LogP contribution in [0.4, 0.5) is 0 Å². The summed E-state index contributed by atoms with van der Waals surface area (Å²) in [6, 6.07) is 9.23. The van der Waals surface area contributed by atoms with Gasteiger partial charge in [0, 0.05) is 6.61 Å². The molecule has 1 aromatic rings. The molecule has 2 heteroatoms. The molecule has 1 aliphatic heterocycles. The summed E-state index contributed by atoms with van der Waals surface area (Å²) in [5.41, 5.74) is 2.93. The lowest BCUT2D eigenvalue weighted by atomic mass is 9.76. The fourth-order valence-corrected chi connectivity index (χ4v) is 4.88. The maximum atomic E-state index is 6.27. The molecule has 1 aromatic carbocycles. The quantitative estimate of drug-likeness (QED) is 0.570. The predicted octanol–water partition coefficient (Wildman–Crippen LogP) is 5.96. The summed E-state index contributed by atoms with van der Waals surface area (Å²) in [7, 11) is 0. The van der Waals surface area contributed by atoms with Gasteiger partial charge in [-0.2, -0.15) is 0 Å². The van der Waals surface area contributed by atoms with Crippen LogP contribution in [-0.2, 0) is 22.3 Å². The van der Waals surface area contributed by atoms with Gasteiger partial charge in [0.2, 0.25) is 0 Å². The standard InChI is InChI=1S/C24H38O2/c1-3-5-19-6-8-20(9-7-19)10-14-24-17-13-22(18-26-24)21-11-15-23(16-12-21)25-4-2/h6-9,21-24H,3-5,10-18H2,1-2H3. The summed E-state index contributed by atoms with van der Waals surface area (Å²) >= 11 is 0. The zero-order valence-corrected chi connectivity index (χ0v) is 16.9. The molecule has 1 heterocycles. The minimum Gasteiger partial charge on any atom is -0.379 e. The van der Waals surface area contributed by atoms with Crippen molar-refractivity contribution in [1.29, 1.82) is 0 Å². The molecule has 2 fully saturated rings. The Balaban J connectivity index is 1.35. The molecule has 0 spiro atoms. The van der Waals surface area contributed by atoms with Crippen LogP contribution in [0.3, 0.4) is 0 Å². The van der Waals surface area contributed by atoms with E-state index < -0.39 is 0 Å². The van der Waals surface area contributed by atoms with Crippen LogP contribution in [0, 0.1) is 11.8 Å². The molecule has 1 saturated carbocycles. The second-order valence-corrected chi connectivity index (χ2v) is 8.39. The summed E-state index contributed by atoms with van der Waals surface area (Å²) in [6.07, 6.45) is 13.6. The minimum absolute atomic E-state index is 0.473. The first kappa shape index (κ1) is 19.9. The number of ether oxygens (including phenoxy) is 2. The van der Waals surface area contributed by atoms with E-state index >= 15 is 0 Å². The lowest BCUT2D eigenvalue weighted by Crippen LogP contribution is -2.33. The predicted molar refractivity (Wildman–Crippen MR) is 109 cm³/mol. The number of hydrogen-bond donors (Lipinski definition) is 0. The molecular weight excluding hydrogens is 320 g/mol. The molecule has 0 bridgehead atoms. The van der Waals surface area contributed by atoms with Crippen molar-refractivity contribution in [2.45, 2.75) is 90.3 Å². The Bertz CT molecular complexity index is 493. The fraction of sp³-hybridized carbons (Fsp3) is 0.750.